The first kappa shape index (κ1) is 18.6. The van der Waals surface area contributed by atoms with E-state index >= 15 is 0 Å². The normalized spacial score (nSPS) is 11.4. The van der Waals surface area contributed by atoms with Crippen LogP contribution in [-0.4, -0.2) is 13.2 Å². The molecule has 0 amide bonds. The van der Waals surface area contributed by atoms with Gasteiger partial charge in [-0.05, 0) is 47.7 Å². The molecule has 130 valence electrons. The van der Waals surface area contributed by atoms with Crippen LogP contribution >= 0.6 is 11.6 Å². The van der Waals surface area contributed by atoms with Gasteiger partial charge in [0.1, 0.15) is 24.7 Å². The molecule has 2 aromatic rings. The Morgan fingerprint density at radius 1 is 1.00 bits per heavy atom. The molecule has 0 aliphatic carbocycles. The van der Waals surface area contributed by atoms with Crippen LogP contribution in [0.3, 0.4) is 0 Å². The third kappa shape index (κ3) is 4.89. The molecule has 0 aromatic heterocycles. The minimum atomic E-state index is 0.189. The third-order valence-electron chi connectivity index (χ3n) is 4.37. The zero-order chi connectivity index (χ0) is 17.6. The molecule has 2 rings (SSSR count). The molecular formula is C20H26ClNO2. The van der Waals surface area contributed by atoms with Crippen molar-refractivity contribution in [2.24, 2.45) is 5.73 Å². The highest BCUT2D eigenvalue weighted by Gasteiger charge is 2.17. The Kier molecular flexibility index (Phi) is 6.52. The van der Waals surface area contributed by atoms with E-state index in [-0.39, 0.29) is 5.41 Å². The number of nitrogens with two attached hydrogens (primary N) is 1. The van der Waals surface area contributed by atoms with Crippen LogP contribution in [0.5, 0.6) is 11.5 Å². The van der Waals surface area contributed by atoms with Gasteiger partial charge in [-0.1, -0.05) is 44.5 Å². The van der Waals surface area contributed by atoms with Gasteiger partial charge in [0.2, 0.25) is 0 Å². The van der Waals surface area contributed by atoms with E-state index in [9.17, 15) is 0 Å². The zero-order valence-corrected chi connectivity index (χ0v) is 15.4. The van der Waals surface area contributed by atoms with Gasteiger partial charge in [-0.2, -0.15) is 0 Å². The predicted molar refractivity (Wildman–Crippen MR) is 100 cm³/mol. The van der Waals surface area contributed by atoms with Gasteiger partial charge < -0.3 is 15.2 Å². The molecule has 0 unspecified atom stereocenters. The molecule has 2 aromatic carbocycles. The van der Waals surface area contributed by atoms with Crippen molar-refractivity contribution in [2.75, 3.05) is 13.2 Å². The van der Waals surface area contributed by atoms with Crippen LogP contribution in [-0.2, 0) is 12.0 Å². The topological polar surface area (TPSA) is 44.5 Å². The van der Waals surface area contributed by atoms with Crippen molar-refractivity contribution in [1.29, 1.82) is 0 Å². The molecule has 24 heavy (non-hydrogen) atoms. The Bertz CT molecular complexity index is 653. The maximum atomic E-state index is 5.96. The molecule has 0 saturated heterocycles. The van der Waals surface area contributed by atoms with Gasteiger partial charge in [0, 0.05) is 17.1 Å². The molecule has 2 N–H and O–H groups in total. The van der Waals surface area contributed by atoms with Crippen LogP contribution in [0.15, 0.2) is 42.5 Å². The summed E-state index contributed by atoms with van der Waals surface area (Å²) in [6.07, 6.45) is 1.10. The molecule has 3 nitrogen and oxygen atoms in total. The molecule has 0 aliphatic rings. The van der Waals surface area contributed by atoms with Crippen molar-refractivity contribution in [2.45, 2.75) is 39.2 Å². The maximum Gasteiger partial charge on any atom is 0.124 e. The number of rotatable bonds is 8. The first-order chi connectivity index (χ1) is 11.5. The summed E-state index contributed by atoms with van der Waals surface area (Å²) in [6.45, 7) is 8.02. The predicted octanol–water partition coefficient (Wildman–Crippen LogP) is 4.94. The first-order valence-electron chi connectivity index (χ1n) is 8.31. The Morgan fingerprint density at radius 3 is 2.29 bits per heavy atom. The standard InChI is InChI=1S/C20H26ClNO2/c1-4-20(2,3)16-5-8-18(9-6-16)23-11-12-24-19-10-7-17(21)13-15(19)14-22/h5-10,13H,4,11-12,14,22H2,1-3H3. The molecule has 0 radical (unpaired) electrons. The van der Waals surface area contributed by atoms with Gasteiger partial charge in [0.05, 0.1) is 0 Å². The highest BCUT2D eigenvalue weighted by molar-refractivity contribution is 6.30. The lowest BCUT2D eigenvalue weighted by Gasteiger charge is -2.23. The fourth-order valence-corrected chi connectivity index (χ4v) is 2.56. The summed E-state index contributed by atoms with van der Waals surface area (Å²) in [5.74, 6) is 1.61. The Labute approximate surface area is 149 Å². The summed E-state index contributed by atoms with van der Waals surface area (Å²) in [5, 5.41) is 0.661. The summed E-state index contributed by atoms with van der Waals surface area (Å²) in [5.41, 5.74) is 8.11. The molecule has 0 bridgehead atoms. The number of benzene rings is 2. The second kappa shape index (κ2) is 8.41. The van der Waals surface area contributed by atoms with Crippen LogP contribution in [0.25, 0.3) is 0 Å². The Hall–Kier alpha value is -1.71. The van der Waals surface area contributed by atoms with E-state index < -0.39 is 0 Å². The third-order valence-corrected chi connectivity index (χ3v) is 4.61. The minimum Gasteiger partial charge on any atom is -0.490 e. The van der Waals surface area contributed by atoms with Crippen LogP contribution in [0.2, 0.25) is 5.02 Å². The van der Waals surface area contributed by atoms with Crippen molar-refractivity contribution in [3.63, 3.8) is 0 Å². The largest absolute Gasteiger partial charge is 0.490 e. The van der Waals surface area contributed by atoms with E-state index in [2.05, 4.69) is 32.9 Å². The lowest BCUT2D eigenvalue weighted by molar-refractivity contribution is 0.216. The Balaban J connectivity index is 1.84. The van der Waals surface area contributed by atoms with Gasteiger partial charge in [-0.3, -0.25) is 0 Å². The molecule has 0 saturated carbocycles. The second-order valence-electron chi connectivity index (χ2n) is 6.41. The van der Waals surface area contributed by atoms with E-state index in [1.165, 1.54) is 5.56 Å². The van der Waals surface area contributed by atoms with E-state index in [1.54, 1.807) is 6.07 Å². The second-order valence-corrected chi connectivity index (χ2v) is 6.85. The number of hydrogen-bond donors (Lipinski definition) is 1. The van der Waals surface area contributed by atoms with Gasteiger partial charge in [-0.15, -0.1) is 0 Å². The van der Waals surface area contributed by atoms with Crippen LogP contribution in [0, 0.1) is 0 Å². The quantitative estimate of drug-likeness (QED) is 0.687. The van der Waals surface area contributed by atoms with Crippen molar-refractivity contribution in [1.82, 2.24) is 0 Å². The number of ether oxygens (including phenoxy) is 2. The zero-order valence-electron chi connectivity index (χ0n) is 14.6. The van der Waals surface area contributed by atoms with Gasteiger partial charge in [-0.25, -0.2) is 0 Å². The summed E-state index contributed by atoms with van der Waals surface area (Å²) in [4.78, 5) is 0. The summed E-state index contributed by atoms with van der Waals surface area (Å²) in [6, 6.07) is 13.8. The summed E-state index contributed by atoms with van der Waals surface area (Å²) >= 11 is 5.96. The van der Waals surface area contributed by atoms with Gasteiger partial charge in [0.25, 0.3) is 0 Å². The summed E-state index contributed by atoms with van der Waals surface area (Å²) < 4.78 is 11.5. The lowest BCUT2D eigenvalue weighted by Crippen LogP contribution is -2.15. The summed E-state index contributed by atoms with van der Waals surface area (Å²) in [7, 11) is 0. The number of hydrogen-bond acceptors (Lipinski definition) is 3. The van der Waals surface area contributed by atoms with Gasteiger partial charge in [0.15, 0.2) is 0 Å². The SMILES string of the molecule is CCC(C)(C)c1ccc(OCCOc2ccc(Cl)cc2CN)cc1. The highest BCUT2D eigenvalue weighted by atomic mass is 35.5. The molecule has 0 aliphatic heterocycles. The lowest BCUT2D eigenvalue weighted by atomic mass is 9.82. The van der Waals surface area contributed by atoms with Crippen LogP contribution in [0.4, 0.5) is 0 Å². The molecule has 0 heterocycles. The monoisotopic (exact) mass is 347 g/mol. The minimum absolute atomic E-state index is 0.189. The fourth-order valence-electron chi connectivity index (χ4n) is 2.37. The van der Waals surface area contributed by atoms with Crippen molar-refractivity contribution < 1.29 is 9.47 Å². The van der Waals surface area contributed by atoms with Crippen LogP contribution < -0.4 is 15.2 Å². The number of halogens is 1. The van der Waals surface area contributed by atoms with Crippen LogP contribution in [0.1, 0.15) is 38.3 Å². The average molecular weight is 348 g/mol. The molecule has 4 heteroatoms. The molecule has 0 atom stereocenters. The van der Waals surface area contributed by atoms with Gasteiger partial charge >= 0.3 is 0 Å². The van der Waals surface area contributed by atoms with E-state index in [4.69, 9.17) is 26.8 Å². The highest BCUT2D eigenvalue weighted by Crippen LogP contribution is 2.28. The van der Waals surface area contributed by atoms with Crippen molar-refractivity contribution in [3.05, 3.63) is 58.6 Å². The smallest absolute Gasteiger partial charge is 0.124 e. The van der Waals surface area contributed by atoms with E-state index in [1.807, 2.05) is 24.3 Å². The molecular weight excluding hydrogens is 322 g/mol. The fraction of sp³-hybridized carbons (Fsp3) is 0.400. The first-order valence-corrected chi connectivity index (χ1v) is 8.68. The molecule has 0 spiro atoms. The van der Waals surface area contributed by atoms with E-state index in [0.29, 0.717) is 24.8 Å². The van der Waals surface area contributed by atoms with E-state index in [0.717, 1.165) is 23.5 Å². The average Bonchev–Trinajstić information content (AvgIpc) is 2.60. The molecule has 0 fully saturated rings. The van der Waals surface area contributed by atoms with Crippen molar-refractivity contribution >= 4 is 11.6 Å². The van der Waals surface area contributed by atoms with Crippen molar-refractivity contribution in [3.8, 4) is 11.5 Å². The maximum absolute atomic E-state index is 5.96. The Morgan fingerprint density at radius 2 is 1.67 bits per heavy atom.